The molecule has 32 heavy (non-hydrogen) atoms. The molecule has 0 fully saturated rings. The SMILES string of the molecule is CCn1c(CNC(=O)c2nc3cc[nH]c3nc2N)[n+](CC)c2ccc(OC)cc21.O=C[O-]. The molecule has 0 atom stereocenters. The number of carboxylic acid groups (broad SMARTS) is 1. The molecule has 3 heterocycles. The van der Waals surface area contributed by atoms with Crippen molar-refractivity contribution in [2.24, 2.45) is 0 Å². The minimum atomic E-state index is -0.500. The van der Waals surface area contributed by atoms with Gasteiger partial charge in [-0.05, 0) is 32.0 Å². The third-order valence-corrected chi connectivity index (χ3v) is 5.05. The molecule has 0 unspecified atom stereocenters. The van der Waals surface area contributed by atoms with E-state index in [0.29, 0.717) is 17.7 Å². The lowest BCUT2D eigenvalue weighted by atomic mass is 10.3. The summed E-state index contributed by atoms with van der Waals surface area (Å²) in [6, 6.07) is 7.75. The minimum absolute atomic E-state index is 0.0987. The number of carbonyl (C=O) groups is 2. The van der Waals surface area contributed by atoms with Gasteiger partial charge in [-0.1, -0.05) is 0 Å². The van der Waals surface area contributed by atoms with Crippen molar-refractivity contribution in [1.29, 1.82) is 0 Å². The maximum atomic E-state index is 12.8. The summed E-state index contributed by atoms with van der Waals surface area (Å²) < 4.78 is 9.73. The number of fused-ring (bicyclic) bond motifs is 2. The Bertz CT molecular complexity index is 1260. The second kappa shape index (κ2) is 9.77. The van der Waals surface area contributed by atoms with Crippen LogP contribution in [0.25, 0.3) is 22.2 Å². The highest BCUT2D eigenvalue weighted by molar-refractivity contribution is 5.98. The molecule has 0 aliphatic heterocycles. The van der Waals surface area contributed by atoms with Crippen LogP contribution in [0.3, 0.4) is 0 Å². The van der Waals surface area contributed by atoms with Gasteiger partial charge in [-0.2, -0.15) is 0 Å². The molecule has 1 aromatic carbocycles. The number of rotatable bonds is 6. The summed E-state index contributed by atoms with van der Waals surface area (Å²) in [4.78, 5) is 32.5. The second-order valence-electron chi connectivity index (χ2n) is 6.71. The smallest absolute Gasteiger partial charge is 0.277 e. The summed E-state index contributed by atoms with van der Waals surface area (Å²) in [5.74, 6) is 1.53. The molecule has 1 amide bonds. The number of amides is 1. The van der Waals surface area contributed by atoms with E-state index in [1.807, 2.05) is 18.2 Å². The Labute approximate surface area is 183 Å². The number of carbonyl (C=O) groups excluding carboxylic acids is 2. The van der Waals surface area contributed by atoms with Crippen molar-refractivity contribution >= 4 is 40.4 Å². The minimum Gasteiger partial charge on any atom is -0.554 e. The van der Waals surface area contributed by atoms with Crippen LogP contribution in [0.1, 0.15) is 30.2 Å². The number of imidazole rings is 1. The van der Waals surface area contributed by atoms with Gasteiger partial charge in [0.05, 0.1) is 20.2 Å². The monoisotopic (exact) mass is 439 g/mol. The first-order chi connectivity index (χ1) is 15.5. The Balaban J connectivity index is 0.000000913. The highest BCUT2D eigenvalue weighted by Crippen LogP contribution is 2.21. The lowest BCUT2D eigenvalue weighted by molar-refractivity contribution is -0.676. The molecule has 0 aliphatic rings. The molecule has 0 spiro atoms. The van der Waals surface area contributed by atoms with Crippen LogP contribution < -0.4 is 25.5 Å². The fourth-order valence-electron chi connectivity index (χ4n) is 3.69. The number of nitrogens with zero attached hydrogens (tertiary/aromatic N) is 4. The van der Waals surface area contributed by atoms with Gasteiger partial charge in [0, 0.05) is 18.7 Å². The van der Waals surface area contributed by atoms with Crippen molar-refractivity contribution in [2.45, 2.75) is 33.5 Å². The van der Waals surface area contributed by atoms with Crippen molar-refractivity contribution in [3.05, 3.63) is 42.0 Å². The van der Waals surface area contributed by atoms with E-state index >= 15 is 0 Å². The topological polar surface area (TPSA) is 155 Å². The average Bonchev–Trinajstić information content (AvgIpc) is 3.37. The third kappa shape index (κ3) is 4.17. The molecule has 0 radical (unpaired) electrons. The summed E-state index contributed by atoms with van der Waals surface area (Å²) in [6.07, 6.45) is 1.71. The van der Waals surface area contributed by atoms with Gasteiger partial charge in [-0.3, -0.25) is 4.79 Å². The zero-order valence-electron chi connectivity index (χ0n) is 18.1. The van der Waals surface area contributed by atoms with Crippen molar-refractivity contribution in [3.63, 3.8) is 0 Å². The van der Waals surface area contributed by atoms with Crippen molar-refractivity contribution in [1.82, 2.24) is 24.8 Å². The van der Waals surface area contributed by atoms with Gasteiger partial charge in [0.15, 0.2) is 28.2 Å². The number of hydrogen-bond acceptors (Lipinski definition) is 7. The van der Waals surface area contributed by atoms with E-state index in [9.17, 15) is 4.79 Å². The van der Waals surface area contributed by atoms with E-state index < -0.39 is 6.47 Å². The van der Waals surface area contributed by atoms with Crippen LogP contribution in [0.2, 0.25) is 0 Å². The van der Waals surface area contributed by atoms with E-state index in [2.05, 4.69) is 43.3 Å². The molecule has 0 aliphatic carbocycles. The van der Waals surface area contributed by atoms with E-state index in [1.54, 1.807) is 19.4 Å². The summed E-state index contributed by atoms with van der Waals surface area (Å²) in [7, 11) is 1.65. The predicted octanol–water partition coefficient (Wildman–Crippen LogP) is 0.127. The molecule has 11 nitrogen and oxygen atoms in total. The highest BCUT2D eigenvalue weighted by atomic mass is 16.5. The van der Waals surface area contributed by atoms with Gasteiger partial charge < -0.3 is 30.7 Å². The summed E-state index contributed by atoms with van der Waals surface area (Å²) >= 11 is 0. The number of ether oxygens (including phenoxy) is 1. The molecule has 4 N–H and O–H groups in total. The van der Waals surface area contributed by atoms with Crippen LogP contribution in [0, 0.1) is 0 Å². The number of nitrogens with one attached hydrogen (secondary N) is 2. The Kier molecular flexibility index (Phi) is 6.88. The van der Waals surface area contributed by atoms with Crippen LogP contribution in [-0.2, 0) is 24.4 Å². The van der Waals surface area contributed by atoms with Gasteiger partial charge in [0.1, 0.15) is 17.8 Å². The molecule has 0 saturated carbocycles. The van der Waals surface area contributed by atoms with Crippen LogP contribution >= 0.6 is 0 Å². The fraction of sp³-hybridized carbons (Fsp3) is 0.286. The maximum absolute atomic E-state index is 12.8. The van der Waals surface area contributed by atoms with Crippen LogP contribution in [0.15, 0.2) is 30.5 Å². The molecule has 0 saturated heterocycles. The van der Waals surface area contributed by atoms with Gasteiger partial charge in [0.25, 0.3) is 11.7 Å². The number of nitrogen functional groups attached to an aromatic ring is 1. The van der Waals surface area contributed by atoms with Crippen molar-refractivity contribution < 1.29 is 24.0 Å². The van der Waals surface area contributed by atoms with E-state index in [4.69, 9.17) is 20.4 Å². The first-order valence-electron chi connectivity index (χ1n) is 10.0. The largest absolute Gasteiger partial charge is 0.554 e. The second-order valence-corrected chi connectivity index (χ2v) is 6.71. The van der Waals surface area contributed by atoms with Crippen LogP contribution in [0.5, 0.6) is 5.75 Å². The number of aryl methyl sites for hydroxylation is 2. The molecular weight excluding hydrogens is 414 g/mol. The third-order valence-electron chi connectivity index (χ3n) is 5.05. The van der Waals surface area contributed by atoms with Crippen LogP contribution in [-0.4, -0.2) is 39.0 Å². The maximum Gasteiger partial charge on any atom is 0.277 e. The summed E-state index contributed by atoms with van der Waals surface area (Å²) in [6.45, 7) is 5.53. The Hall–Kier alpha value is -4.15. The predicted molar refractivity (Wildman–Crippen MR) is 116 cm³/mol. The molecule has 3 aromatic heterocycles. The lowest BCUT2D eigenvalue weighted by Crippen LogP contribution is -2.40. The fourth-order valence-corrected chi connectivity index (χ4v) is 3.69. The standard InChI is InChI=1S/C20H23N7O2.CH2O2/c1-4-26-14-7-6-12(29-3)10-15(14)27(5-2)16(26)11-23-20(28)17-18(21)25-19-13(24-17)8-9-22-19;2-1-3/h6-10H,4-5,11H2,1-3H3,(H3-,21,22,23,24,25,28);1H,(H,2,3). The zero-order valence-corrected chi connectivity index (χ0v) is 18.1. The summed E-state index contributed by atoms with van der Waals surface area (Å²) in [5, 5.41) is 11.2. The van der Waals surface area contributed by atoms with Gasteiger partial charge >= 0.3 is 0 Å². The number of aromatic nitrogens is 5. The zero-order chi connectivity index (χ0) is 23.3. The van der Waals surface area contributed by atoms with E-state index in [-0.39, 0.29) is 17.4 Å². The Morgan fingerprint density at radius 1 is 1.34 bits per heavy atom. The Morgan fingerprint density at radius 2 is 2.09 bits per heavy atom. The molecule has 4 aromatic rings. The first-order valence-corrected chi connectivity index (χ1v) is 10.0. The van der Waals surface area contributed by atoms with Gasteiger partial charge in [0.2, 0.25) is 0 Å². The van der Waals surface area contributed by atoms with Gasteiger partial charge in [-0.25, -0.2) is 19.1 Å². The van der Waals surface area contributed by atoms with Crippen molar-refractivity contribution in [3.8, 4) is 5.75 Å². The molecule has 11 heteroatoms. The van der Waals surface area contributed by atoms with Gasteiger partial charge in [-0.15, -0.1) is 0 Å². The lowest BCUT2D eigenvalue weighted by Gasteiger charge is -2.07. The molecule has 0 bridgehead atoms. The number of anilines is 1. The van der Waals surface area contributed by atoms with E-state index in [0.717, 1.165) is 35.7 Å². The normalized spacial score (nSPS) is 10.6. The quantitative estimate of drug-likeness (QED) is 0.285. The first kappa shape index (κ1) is 22.5. The number of nitrogens with two attached hydrogens (primary N) is 1. The number of hydrogen-bond donors (Lipinski definition) is 3. The Morgan fingerprint density at radius 3 is 2.75 bits per heavy atom. The number of aromatic amines is 1. The average molecular weight is 439 g/mol. The number of benzene rings is 1. The highest BCUT2D eigenvalue weighted by Gasteiger charge is 2.25. The molecular formula is C21H25N7O4. The van der Waals surface area contributed by atoms with Crippen molar-refractivity contribution in [2.75, 3.05) is 12.8 Å². The number of methoxy groups -OCH3 is 1. The molecule has 168 valence electrons. The molecule has 4 rings (SSSR count). The van der Waals surface area contributed by atoms with E-state index in [1.165, 1.54) is 0 Å². The van der Waals surface area contributed by atoms with Crippen LogP contribution in [0.4, 0.5) is 5.82 Å². The summed E-state index contributed by atoms with van der Waals surface area (Å²) in [5.41, 5.74) is 9.38. The number of H-pyrrole nitrogens is 1.